The molecule has 3 rings (SSSR count). The molecule has 0 aliphatic rings. The van der Waals surface area contributed by atoms with E-state index in [0.29, 0.717) is 22.1 Å². The Hall–Kier alpha value is -3.14. The zero-order valence-electron chi connectivity index (χ0n) is 17.2. The molecule has 0 saturated heterocycles. The molecule has 4 N–H and O–H groups in total. The maximum absolute atomic E-state index is 12.4. The van der Waals surface area contributed by atoms with Crippen LogP contribution in [0.15, 0.2) is 76.8 Å². The maximum atomic E-state index is 12.4. The Kier molecular flexibility index (Phi) is 7.11. The fraction of sp³-hybridized carbons (Fsp3) is 0.136. The van der Waals surface area contributed by atoms with Gasteiger partial charge in [0.15, 0.2) is 5.11 Å². The van der Waals surface area contributed by atoms with Crippen LogP contribution in [-0.2, 0) is 16.6 Å². The summed E-state index contributed by atoms with van der Waals surface area (Å²) in [6, 6.07) is 15.8. The van der Waals surface area contributed by atoms with Crippen molar-refractivity contribution < 1.29 is 12.8 Å². The summed E-state index contributed by atoms with van der Waals surface area (Å²) in [5.41, 5.74) is 10.2. The Balaban J connectivity index is 1.54. The van der Waals surface area contributed by atoms with Crippen molar-refractivity contribution in [1.29, 1.82) is 0 Å². The molecule has 0 spiro atoms. The van der Waals surface area contributed by atoms with E-state index >= 15 is 0 Å². The first-order chi connectivity index (χ1) is 14.7. The number of anilines is 1. The molecule has 31 heavy (non-hydrogen) atoms. The number of sulfonamides is 1. The summed E-state index contributed by atoms with van der Waals surface area (Å²) in [6.07, 6.45) is 1.49. The van der Waals surface area contributed by atoms with Gasteiger partial charge in [-0.05, 0) is 67.5 Å². The summed E-state index contributed by atoms with van der Waals surface area (Å²) in [5, 5.41) is 3.50. The fourth-order valence-electron chi connectivity index (χ4n) is 2.81. The van der Waals surface area contributed by atoms with E-state index in [2.05, 4.69) is 33.5 Å². The number of furan rings is 1. The van der Waals surface area contributed by atoms with Crippen molar-refractivity contribution in [1.82, 2.24) is 15.6 Å². The molecule has 0 aliphatic carbocycles. The van der Waals surface area contributed by atoms with Gasteiger partial charge in [-0.3, -0.25) is 10.9 Å². The highest BCUT2D eigenvalue weighted by Crippen LogP contribution is 2.17. The molecule has 3 aromatic rings. The number of hydrogen-bond acceptors (Lipinski definition) is 5. The second-order valence-corrected chi connectivity index (χ2v) is 9.10. The van der Waals surface area contributed by atoms with Crippen LogP contribution in [0.2, 0.25) is 0 Å². The molecule has 0 bridgehead atoms. The van der Waals surface area contributed by atoms with Gasteiger partial charge in [0.05, 0.1) is 23.4 Å². The Bertz CT molecular complexity index is 1170. The van der Waals surface area contributed by atoms with E-state index in [1.807, 2.05) is 26.0 Å². The molecule has 1 heterocycles. The van der Waals surface area contributed by atoms with Crippen LogP contribution in [0.4, 0.5) is 5.69 Å². The van der Waals surface area contributed by atoms with Gasteiger partial charge in [-0.2, -0.15) is 0 Å². The van der Waals surface area contributed by atoms with Gasteiger partial charge < -0.3 is 9.73 Å². The van der Waals surface area contributed by atoms with Gasteiger partial charge in [0, 0.05) is 5.69 Å². The van der Waals surface area contributed by atoms with E-state index in [1.165, 1.54) is 24.0 Å². The molecular weight excluding hydrogens is 432 g/mol. The molecule has 0 unspecified atom stereocenters. The SMILES string of the molecule is C=C(NNC(=S)Nc1ccc(C)cc1C)c1ccc(S(=O)(=O)NCc2ccco2)cc1. The first-order valence-electron chi connectivity index (χ1n) is 9.46. The van der Waals surface area contributed by atoms with Crippen molar-refractivity contribution in [2.24, 2.45) is 0 Å². The van der Waals surface area contributed by atoms with Crippen molar-refractivity contribution in [2.75, 3.05) is 5.32 Å². The Morgan fingerprint density at radius 2 is 1.81 bits per heavy atom. The fourth-order valence-corrected chi connectivity index (χ4v) is 3.96. The van der Waals surface area contributed by atoms with Gasteiger partial charge in [0.2, 0.25) is 10.0 Å². The zero-order valence-corrected chi connectivity index (χ0v) is 18.9. The van der Waals surface area contributed by atoms with E-state index in [9.17, 15) is 8.42 Å². The lowest BCUT2D eigenvalue weighted by Gasteiger charge is -2.16. The van der Waals surface area contributed by atoms with E-state index in [-0.39, 0.29) is 11.4 Å². The number of hydrogen-bond donors (Lipinski definition) is 4. The number of rotatable bonds is 8. The smallest absolute Gasteiger partial charge is 0.240 e. The number of thiocarbonyl (C=S) groups is 1. The minimum atomic E-state index is -3.65. The summed E-state index contributed by atoms with van der Waals surface area (Å²) < 4.78 is 32.5. The molecule has 0 aliphatic heterocycles. The van der Waals surface area contributed by atoms with Crippen LogP contribution < -0.4 is 20.9 Å². The first-order valence-corrected chi connectivity index (χ1v) is 11.4. The lowest BCUT2D eigenvalue weighted by Crippen LogP contribution is -2.38. The topological polar surface area (TPSA) is 95.4 Å². The average Bonchev–Trinajstić information content (AvgIpc) is 3.26. The predicted octanol–water partition coefficient (Wildman–Crippen LogP) is 3.84. The highest BCUT2D eigenvalue weighted by Gasteiger charge is 2.14. The number of hydrazine groups is 1. The zero-order chi connectivity index (χ0) is 22.4. The van der Waals surface area contributed by atoms with Crippen LogP contribution in [0.3, 0.4) is 0 Å². The minimum absolute atomic E-state index is 0.0835. The summed E-state index contributed by atoms with van der Waals surface area (Å²) in [7, 11) is -3.65. The van der Waals surface area contributed by atoms with Crippen LogP contribution in [-0.4, -0.2) is 13.5 Å². The quantitative estimate of drug-likeness (QED) is 0.302. The second kappa shape index (κ2) is 9.78. The largest absolute Gasteiger partial charge is 0.468 e. The number of benzene rings is 2. The maximum Gasteiger partial charge on any atom is 0.240 e. The third-order valence-electron chi connectivity index (χ3n) is 4.49. The van der Waals surface area contributed by atoms with Gasteiger partial charge in [0.25, 0.3) is 0 Å². The molecule has 0 amide bonds. The van der Waals surface area contributed by atoms with E-state index in [1.54, 1.807) is 24.3 Å². The summed E-state index contributed by atoms with van der Waals surface area (Å²) in [4.78, 5) is 0.149. The third-order valence-corrected chi connectivity index (χ3v) is 6.11. The monoisotopic (exact) mass is 456 g/mol. The van der Waals surface area contributed by atoms with Gasteiger partial charge >= 0.3 is 0 Å². The van der Waals surface area contributed by atoms with Crippen molar-refractivity contribution >= 4 is 38.7 Å². The van der Waals surface area contributed by atoms with Crippen molar-refractivity contribution in [3.8, 4) is 0 Å². The van der Waals surface area contributed by atoms with E-state index in [4.69, 9.17) is 16.6 Å². The van der Waals surface area contributed by atoms with Crippen LogP contribution >= 0.6 is 12.2 Å². The highest BCUT2D eigenvalue weighted by atomic mass is 32.2. The van der Waals surface area contributed by atoms with Gasteiger partial charge in [0.1, 0.15) is 5.76 Å². The predicted molar refractivity (Wildman–Crippen MR) is 127 cm³/mol. The molecule has 1 aromatic heterocycles. The van der Waals surface area contributed by atoms with Crippen molar-refractivity contribution in [3.05, 3.63) is 89.9 Å². The number of nitrogens with one attached hydrogen (secondary N) is 4. The highest BCUT2D eigenvalue weighted by molar-refractivity contribution is 7.89. The van der Waals surface area contributed by atoms with Crippen LogP contribution in [0.1, 0.15) is 22.5 Å². The summed E-state index contributed by atoms with van der Waals surface area (Å²) >= 11 is 5.31. The third kappa shape index (κ3) is 6.17. The molecule has 2 aromatic carbocycles. The molecule has 0 saturated carbocycles. The van der Waals surface area contributed by atoms with Gasteiger partial charge in [-0.25, -0.2) is 13.1 Å². The average molecular weight is 457 g/mol. The number of aryl methyl sites for hydroxylation is 2. The molecule has 9 heteroatoms. The van der Waals surface area contributed by atoms with E-state index in [0.717, 1.165) is 11.3 Å². The minimum Gasteiger partial charge on any atom is -0.468 e. The van der Waals surface area contributed by atoms with Crippen LogP contribution in [0, 0.1) is 13.8 Å². The van der Waals surface area contributed by atoms with E-state index < -0.39 is 10.0 Å². The Morgan fingerprint density at radius 1 is 1.06 bits per heavy atom. The standard InChI is InChI=1S/C22H24N4O3S2/c1-15-6-11-21(16(2)13-15)24-22(30)26-25-17(3)18-7-9-20(10-8-18)31(27,28)23-14-19-5-4-12-29-19/h4-13,23,25H,3,14H2,1-2H3,(H2,24,26,30). The first kappa shape index (κ1) is 22.5. The summed E-state index contributed by atoms with van der Waals surface area (Å²) in [6.45, 7) is 8.08. The second-order valence-electron chi connectivity index (χ2n) is 6.93. The molecule has 162 valence electrons. The Labute approximate surface area is 187 Å². The molecule has 0 radical (unpaired) electrons. The normalized spacial score (nSPS) is 11.0. The molecular formula is C22H24N4O3S2. The summed E-state index contributed by atoms with van der Waals surface area (Å²) in [5.74, 6) is 0.536. The molecule has 7 nitrogen and oxygen atoms in total. The van der Waals surface area contributed by atoms with Crippen molar-refractivity contribution in [3.63, 3.8) is 0 Å². The molecule has 0 fully saturated rings. The lowest BCUT2D eigenvalue weighted by atomic mass is 10.1. The Morgan fingerprint density at radius 3 is 2.45 bits per heavy atom. The van der Waals surface area contributed by atoms with Gasteiger partial charge in [-0.1, -0.05) is 36.4 Å². The van der Waals surface area contributed by atoms with Crippen LogP contribution in [0.5, 0.6) is 0 Å². The van der Waals surface area contributed by atoms with Gasteiger partial charge in [-0.15, -0.1) is 0 Å². The van der Waals surface area contributed by atoms with Crippen molar-refractivity contribution in [2.45, 2.75) is 25.3 Å². The lowest BCUT2D eigenvalue weighted by molar-refractivity contribution is 0.498. The molecule has 0 atom stereocenters. The van der Waals surface area contributed by atoms with Crippen LogP contribution in [0.25, 0.3) is 5.70 Å².